The molecule has 1 aromatic heterocycles. The third kappa shape index (κ3) is 7.83. The number of carboxylic acids is 1. The fraction of sp³-hybridized carbons (Fsp3) is 0.226. The number of halogens is 1. The molecular weight excluding hydrogens is 486 g/mol. The molecule has 0 aliphatic carbocycles. The van der Waals surface area contributed by atoms with Crippen molar-refractivity contribution in [3.63, 3.8) is 0 Å². The van der Waals surface area contributed by atoms with E-state index in [1.807, 2.05) is 49.4 Å². The van der Waals surface area contributed by atoms with E-state index >= 15 is 0 Å². The monoisotopic (exact) mass is 517 g/mol. The summed E-state index contributed by atoms with van der Waals surface area (Å²) in [6, 6.07) is 26.1. The van der Waals surface area contributed by atoms with Gasteiger partial charge in [-0.3, -0.25) is 9.78 Å². The molecule has 0 bridgehead atoms. The Morgan fingerprint density at radius 3 is 2.14 bits per heavy atom. The molecule has 6 heteroatoms. The van der Waals surface area contributed by atoms with E-state index < -0.39 is 5.97 Å². The molecular formula is C31H32ClNO4. The van der Waals surface area contributed by atoms with Crippen LogP contribution in [-0.4, -0.2) is 16.1 Å². The predicted octanol–water partition coefficient (Wildman–Crippen LogP) is 7.27. The van der Waals surface area contributed by atoms with Crippen LogP contribution in [0.4, 0.5) is 0 Å². The molecule has 1 heterocycles. The van der Waals surface area contributed by atoms with Crippen molar-refractivity contribution in [1.82, 2.24) is 4.98 Å². The summed E-state index contributed by atoms with van der Waals surface area (Å²) in [4.78, 5) is 15.3. The first kappa shape index (κ1) is 27.8. The van der Waals surface area contributed by atoms with Gasteiger partial charge in [-0.2, -0.15) is 0 Å². The Labute approximate surface area is 224 Å². The molecule has 5 nitrogen and oxygen atoms in total. The predicted molar refractivity (Wildman–Crippen MR) is 149 cm³/mol. The second-order valence-corrected chi connectivity index (χ2v) is 9.02. The average Bonchev–Trinajstić information content (AvgIpc) is 2.85. The van der Waals surface area contributed by atoms with Crippen molar-refractivity contribution < 1.29 is 19.4 Å². The summed E-state index contributed by atoms with van der Waals surface area (Å²) in [5, 5.41) is 8.83. The highest BCUT2D eigenvalue weighted by Crippen LogP contribution is 2.32. The largest absolute Gasteiger partial charge is 0.489 e. The fourth-order valence-electron chi connectivity index (χ4n) is 4.29. The smallest absolute Gasteiger partial charge is 0.303 e. The number of aryl methyl sites for hydroxylation is 4. The van der Waals surface area contributed by atoms with Gasteiger partial charge in [-0.25, -0.2) is 0 Å². The molecule has 4 rings (SSSR count). The number of aromatic nitrogens is 1. The standard InChI is InChI=1S/C31H31NO4.ClH/c1-21-16-29(36-20-27-9-4-6-23(3)32-27)17-22(2)31(21)26-8-5-7-25(18-26)19-35-28-13-10-24(11-14-28)12-15-30(33)34;/h4-11,13-14,16-18H,12,15,19-20H2,1-3H3,(H,33,34);1H. The molecule has 3 aromatic carbocycles. The van der Waals surface area contributed by atoms with E-state index in [2.05, 4.69) is 55.2 Å². The highest BCUT2D eigenvalue weighted by Gasteiger charge is 2.10. The minimum Gasteiger partial charge on any atom is -0.489 e. The van der Waals surface area contributed by atoms with Crippen LogP contribution in [0, 0.1) is 20.8 Å². The van der Waals surface area contributed by atoms with Crippen LogP contribution in [0.15, 0.2) is 78.9 Å². The Balaban J connectivity index is 0.00000380. The number of benzene rings is 3. The highest BCUT2D eigenvalue weighted by molar-refractivity contribution is 5.85. The van der Waals surface area contributed by atoms with Crippen molar-refractivity contribution >= 4 is 18.4 Å². The van der Waals surface area contributed by atoms with Crippen molar-refractivity contribution in [1.29, 1.82) is 0 Å². The molecule has 1 N–H and O–H groups in total. The fourth-order valence-corrected chi connectivity index (χ4v) is 4.29. The lowest BCUT2D eigenvalue weighted by Crippen LogP contribution is -2.00. The molecule has 0 saturated carbocycles. The Bertz CT molecular complexity index is 1330. The highest BCUT2D eigenvalue weighted by atomic mass is 35.5. The van der Waals surface area contributed by atoms with Crippen LogP contribution in [0.25, 0.3) is 11.1 Å². The van der Waals surface area contributed by atoms with Crippen molar-refractivity contribution in [3.8, 4) is 22.6 Å². The summed E-state index contributed by atoms with van der Waals surface area (Å²) in [6.45, 7) is 7.08. The second kappa shape index (κ2) is 12.9. The van der Waals surface area contributed by atoms with Crippen molar-refractivity contribution in [2.45, 2.75) is 46.8 Å². The average molecular weight is 518 g/mol. The number of ether oxygens (including phenoxy) is 2. The van der Waals surface area contributed by atoms with E-state index in [0.29, 0.717) is 19.6 Å². The maximum atomic E-state index is 10.7. The van der Waals surface area contributed by atoms with E-state index in [1.165, 1.54) is 5.56 Å². The Morgan fingerprint density at radius 1 is 0.784 bits per heavy atom. The maximum Gasteiger partial charge on any atom is 0.303 e. The third-order valence-corrected chi connectivity index (χ3v) is 6.01. The molecule has 0 saturated heterocycles. The van der Waals surface area contributed by atoms with Crippen LogP contribution in [0.5, 0.6) is 11.5 Å². The number of carboxylic acid groups (broad SMARTS) is 1. The number of rotatable bonds is 10. The minimum atomic E-state index is -0.789. The molecule has 0 fully saturated rings. The number of carbonyl (C=O) groups is 1. The number of pyridine rings is 1. The van der Waals surface area contributed by atoms with Gasteiger partial charge in [-0.05, 0) is 103 Å². The number of nitrogens with zero attached hydrogens (tertiary/aromatic N) is 1. The summed E-state index contributed by atoms with van der Waals surface area (Å²) in [5.74, 6) is 0.808. The molecule has 0 amide bonds. The van der Waals surface area contributed by atoms with Gasteiger partial charge >= 0.3 is 5.97 Å². The summed E-state index contributed by atoms with van der Waals surface area (Å²) in [6.07, 6.45) is 0.645. The van der Waals surface area contributed by atoms with Gasteiger partial charge in [0.2, 0.25) is 0 Å². The molecule has 192 valence electrons. The van der Waals surface area contributed by atoms with Gasteiger partial charge in [0.1, 0.15) is 24.7 Å². The summed E-state index contributed by atoms with van der Waals surface area (Å²) in [5.41, 5.74) is 8.59. The lowest BCUT2D eigenvalue weighted by Gasteiger charge is -2.15. The maximum absolute atomic E-state index is 10.7. The quantitative estimate of drug-likeness (QED) is 0.239. The Kier molecular flexibility index (Phi) is 9.70. The first-order valence-corrected chi connectivity index (χ1v) is 12.1. The van der Waals surface area contributed by atoms with E-state index in [0.717, 1.165) is 50.7 Å². The topological polar surface area (TPSA) is 68.7 Å². The molecule has 0 radical (unpaired) electrons. The molecule has 4 aromatic rings. The van der Waals surface area contributed by atoms with Crippen LogP contribution in [0.2, 0.25) is 0 Å². The van der Waals surface area contributed by atoms with E-state index in [1.54, 1.807) is 0 Å². The number of hydrogen-bond donors (Lipinski definition) is 1. The lowest BCUT2D eigenvalue weighted by molar-refractivity contribution is -0.136. The van der Waals surface area contributed by atoms with E-state index in [-0.39, 0.29) is 18.8 Å². The van der Waals surface area contributed by atoms with Crippen molar-refractivity contribution in [2.24, 2.45) is 0 Å². The number of aliphatic carboxylic acids is 1. The van der Waals surface area contributed by atoms with Crippen LogP contribution in [-0.2, 0) is 24.4 Å². The zero-order valence-electron chi connectivity index (χ0n) is 21.4. The van der Waals surface area contributed by atoms with E-state index in [9.17, 15) is 4.79 Å². The third-order valence-electron chi connectivity index (χ3n) is 6.01. The van der Waals surface area contributed by atoms with Crippen LogP contribution < -0.4 is 9.47 Å². The van der Waals surface area contributed by atoms with Gasteiger partial charge in [-0.1, -0.05) is 36.4 Å². The molecule has 0 spiro atoms. The van der Waals surface area contributed by atoms with Crippen LogP contribution >= 0.6 is 12.4 Å². The molecule has 0 unspecified atom stereocenters. The van der Waals surface area contributed by atoms with E-state index in [4.69, 9.17) is 14.6 Å². The number of hydrogen-bond acceptors (Lipinski definition) is 4. The normalized spacial score (nSPS) is 10.5. The molecule has 0 aliphatic heterocycles. The van der Waals surface area contributed by atoms with Gasteiger partial charge in [0.15, 0.2) is 0 Å². The first-order chi connectivity index (χ1) is 17.4. The van der Waals surface area contributed by atoms with Gasteiger partial charge in [0.05, 0.1) is 5.69 Å². The van der Waals surface area contributed by atoms with Gasteiger partial charge in [0, 0.05) is 12.1 Å². The minimum absolute atomic E-state index is 0. The van der Waals surface area contributed by atoms with Gasteiger partial charge in [-0.15, -0.1) is 12.4 Å². The van der Waals surface area contributed by atoms with Crippen LogP contribution in [0.3, 0.4) is 0 Å². The molecule has 37 heavy (non-hydrogen) atoms. The molecule has 0 atom stereocenters. The van der Waals surface area contributed by atoms with Crippen LogP contribution in [0.1, 0.15) is 40.1 Å². The summed E-state index contributed by atoms with van der Waals surface area (Å²) in [7, 11) is 0. The SMILES string of the molecule is Cc1cccc(COc2cc(C)c(-c3cccc(COc4ccc(CCC(=O)O)cc4)c3)c(C)c2)n1.Cl. The summed E-state index contributed by atoms with van der Waals surface area (Å²) >= 11 is 0. The second-order valence-electron chi connectivity index (χ2n) is 9.02. The lowest BCUT2D eigenvalue weighted by atomic mass is 9.94. The zero-order valence-corrected chi connectivity index (χ0v) is 22.2. The Hall–Kier alpha value is -3.83. The summed E-state index contributed by atoms with van der Waals surface area (Å²) < 4.78 is 12.0. The van der Waals surface area contributed by atoms with Gasteiger partial charge in [0.25, 0.3) is 0 Å². The zero-order chi connectivity index (χ0) is 25.5. The van der Waals surface area contributed by atoms with Crippen molar-refractivity contribution in [2.75, 3.05) is 0 Å². The first-order valence-electron chi connectivity index (χ1n) is 12.1. The molecule has 0 aliphatic rings. The van der Waals surface area contributed by atoms with Crippen molar-refractivity contribution in [3.05, 3.63) is 113 Å². The Morgan fingerprint density at radius 2 is 1.46 bits per heavy atom. The van der Waals surface area contributed by atoms with Gasteiger partial charge < -0.3 is 14.6 Å².